The Morgan fingerprint density at radius 1 is 1.40 bits per heavy atom. The van der Waals surface area contributed by atoms with Crippen molar-refractivity contribution < 1.29 is 18.0 Å². The molecule has 0 saturated heterocycles. The van der Waals surface area contributed by atoms with E-state index in [2.05, 4.69) is 9.68 Å². The number of halogens is 2. The molecule has 0 spiro atoms. The minimum Gasteiger partial charge on any atom is -0.469 e. The highest BCUT2D eigenvalue weighted by molar-refractivity contribution is 5.24. The fourth-order valence-electron chi connectivity index (χ4n) is 0.869. The van der Waals surface area contributed by atoms with E-state index >= 15 is 0 Å². The average Bonchev–Trinajstić information content (AvgIpc) is 2.65. The predicted octanol–water partition coefficient (Wildman–Crippen LogP) is 3.47. The molecule has 1 aromatic heterocycles. The molecule has 0 fully saturated rings. The lowest BCUT2D eigenvalue weighted by Crippen LogP contribution is -2.08. The van der Waals surface area contributed by atoms with E-state index in [0.29, 0.717) is 5.56 Å². The van der Waals surface area contributed by atoms with Crippen LogP contribution >= 0.6 is 0 Å². The standard InChI is InChI=1S/C8H11F2NO2.C2H6/c1-5(2)6-3-13-11-8(6)12-4-7(9)10;1-2/h3,5,7H,4H2,1-2H3;1-2H3. The third-order valence-electron chi connectivity index (χ3n) is 1.53. The van der Waals surface area contributed by atoms with Gasteiger partial charge in [0.15, 0.2) is 6.61 Å². The Bertz CT molecular complexity index is 262. The molecular weight excluding hydrogens is 204 g/mol. The van der Waals surface area contributed by atoms with E-state index in [1.54, 1.807) is 0 Å². The Kier molecular flexibility index (Phi) is 6.66. The van der Waals surface area contributed by atoms with E-state index in [-0.39, 0.29) is 11.8 Å². The van der Waals surface area contributed by atoms with Crippen molar-refractivity contribution in [1.82, 2.24) is 5.16 Å². The molecule has 5 heteroatoms. The SMILES string of the molecule is CC.CC(C)c1conc1OCC(F)F. The zero-order valence-corrected chi connectivity index (χ0v) is 9.46. The molecule has 0 aromatic carbocycles. The second kappa shape index (κ2) is 7.20. The molecule has 0 bridgehead atoms. The van der Waals surface area contributed by atoms with Crippen LogP contribution < -0.4 is 4.74 Å². The maximum absolute atomic E-state index is 11.8. The highest BCUT2D eigenvalue weighted by Gasteiger charge is 2.14. The molecule has 0 radical (unpaired) electrons. The molecule has 1 aromatic rings. The second-order valence-electron chi connectivity index (χ2n) is 2.93. The molecule has 0 aliphatic heterocycles. The molecule has 3 nitrogen and oxygen atoms in total. The molecule has 1 heterocycles. The summed E-state index contributed by atoms with van der Waals surface area (Å²) in [5.41, 5.74) is 0.709. The minimum absolute atomic E-state index is 0.152. The van der Waals surface area contributed by atoms with Gasteiger partial charge in [0.1, 0.15) is 6.26 Å². The fraction of sp³-hybridized carbons (Fsp3) is 0.700. The van der Waals surface area contributed by atoms with Crippen molar-refractivity contribution >= 4 is 0 Å². The zero-order valence-electron chi connectivity index (χ0n) is 9.46. The van der Waals surface area contributed by atoms with Crippen molar-refractivity contribution in [2.45, 2.75) is 40.0 Å². The van der Waals surface area contributed by atoms with Crippen LogP contribution in [0.2, 0.25) is 0 Å². The van der Waals surface area contributed by atoms with Crippen molar-refractivity contribution in [3.05, 3.63) is 11.8 Å². The van der Waals surface area contributed by atoms with Gasteiger partial charge in [-0.3, -0.25) is 0 Å². The van der Waals surface area contributed by atoms with E-state index in [9.17, 15) is 8.78 Å². The summed E-state index contributed by atoms with van der Waals surface area (Å²) in [5, 5.41) is 3.48. The third-order valence-corrected chi connectivity index (χ3v) is 1.53. The van der Waals surface area contributed by atoms with Crippen molar-refractivity contribution in [1.29, 1.82) is 0 Å². The molecule has 0 N–H and O–H groups in total. The highest BCUT2D eigenvalue weighted by atomic mass is 19.3. The van der Waals surface area contributed by atoms with Gasteiger partial charge in [-0.1, -0.05) is 27.7 Å². The van der Waals surface area contributed by atoms with Gasteiger partial charge in [-0.2, -0.15) is 0 Å². The molecule has 15 heavy (non-hydrogen) atoms. The number of hydrogen-bond donors (Lipinski definition) is 0. The van der Waals surface area contributed by atoms with E-state index in [1.807, 2.05) is 27.7 Å². The Balaban J connectivity index is 0.000000921. The molecule has 0 unspecified atom stereocenters. The molecule has 0 amide bonds. The van der Waals surface area contributed by atoms with Crippen molar-refractivity contribution in [2.24, 2.45) is 0 Å². The topological polar surface area (TPSA) is 35.3 Å². The maximum atomic E-state index is 11.8. The lowest BCUT2D eigenvalue weighted by atomic mass is 10.1. The minimum atomic E-state index is -2.49. The summed E-state index contributed by atoms with van der Waals surface area (Å²) in [5.74, 6) is 0.314. The number of nitrogens with zero attached hydrogens (tertiary/aromatic N) is 1. The predicted molar refractivity (Wildman–Crippen MR) is 53.4 cm³/mol. The maximum Gasteiger partial charge on any atom is 0.272 e. The van der Waals surface area contributed by atoms with Crippen molar-refractivity contribution in [3.8, 4) is 5.88 Å². The lowest BCUT2D eigenvalue weighted by molar-refractivity contribution is 0.0771. The zero-order chi connectivity index (χ0) is 11.8. The summed E-state index contributed by atoms with van der Waals surface area (Å²) in [7, 11) is 0. The van der Waals surface area contributed by atoms with Crippen LogP contribution in [0.5, 0.6) is 5.88 Å². The molecule has 0 atom stereocenters. The number of alkyl halides is 2. The quantitative estimate of drug-likeness (QED) is 0.780. The molecule has 0 aliphatic carbocycles. The molecule has 0 saturated carbocycles. The number of rotatable bonds is 4. The van der Waals surface area contributed by atoms with Crippen molar-refractivity contribution in [3.63, 3.8) is 0 Å². The van der Waals surface area contributed by atoms with E-state index in [4.69, 9.17) is 4.74 Å². The summed E-state index contributed by atoms with van der Waals surface area (Å²) in [4.78, 5) is 0. The number of hydrogen-bond acceptors (Lipinski definition) is 3. The van der Waals surface area contributed by atoms with Gasteiger partial charge < -0.3 is 9.26 Å². The summed E-state index contributed by atoms with van der Waals surface area (Å²) in [6, 6.07) is 0. The summed E-state index contributed by atoms with van der Waals surface area (Å²) < 4.78 is 32.9. The Morgan fingerprint density at radius 3 is 2.47 bits per heavy atom. The van der Waals surface area contributed by atoms with Crippen LogP contribution in [-0.4, -0.2) is 18.2 Å². The van der Waals surface area contributed by atoms with Crippen LogP contribution in [-0.2, 0) is 0 Å². The molecule has 88 valence electrons. The van der Waals surface area contributed by atoms with Gasteiger partial charge >= 0.3 is 0 Å². The highest BCUT2D eigenvalue weighted by Crippen LogP contribution is 2.24. The summed E-state index contributed by atoms with van der Waals surface area (Å²) in [6.45, 7) is 7.16. The number of aromatic nitrogens is 1. The first kappa shape index (κ1) is 13.9. The van der Waals surface area contributed by atoms with Crippen LogP contribution in [0.3, 0.4) is 0 Å². The third kappa shape index (κ3) is 4.76. The van der Waals surface area contributed by atoms with Gasteiger partial charge in [0.05, 0.1) is 5.56 Å². The van der Waals surface area contributed by atoms with Crippen LogP contribution in [0.4, 0.5) is 8.78 Å². The van der Waals surface area contributed by atoms with Crippen LogP contribution in [0.15, 0.2) is 10.8 Å². The molecule has 1 rings (SSSR count). The first-order valence-electron chi connectivity index (χ1n) is 4.96. The smallest absolute Gasteiger partial charge is 0.272 e. The van der Waals surface area contributed by atoms with Crippen molar-refractivity contribution in [2.75, 3.05) is 6.61 Å². The number of ether oxygens (including phenoxy) is 1. The first-order valence-corrected chi connectivity index (χ1v) is 4.96. The largest absolute Gasteiger partial charge is 0.469 e. The average molecular weight is 221 g/mol. The molecule has 0 aliphatic rings. The van der Waals surface area contributed by atoms with E-state index in [0.717, 1.165) is 0 Å². The van der Waals surface area contributed by atoms with Gasteiger partial charge in [0.25, 0.3) is 12.3 Å². The van der Waals surface area contributed by atoms with Gasteiger partial charge in [0, 0.05) is 0 Å². The summed E-state index contributed by atoms with van der Waals surface area (Å²) >= 11 is 0. The Hall–Kier alpha value is -1.13. The van der Waals surface area contributed by atoms with Crippen LogP contribution in [0.1, 0.15) is 39.2 Å². The van der Waals surface area contributed by atoms with Gasteiger partial charge in [-0.15, -0.1) is 0 Å². The Labute approximate surface area is 88.4 Å². The van der Waals surface area contributed by atoms with Crippen LogP contribution in [0.25, 0.3) is 0 Å². The van der Waals surface area contributed by atoms with Gasteiger partial charge in [-0.25, -0.2) is 8.78 Å². The van der Waals surface area contributed by atoms with Gasteiger partial charge in [-0.05, 0) is 11.1 Å². The Morgan fingerprint density at radius 2 is 2.00 bits per heavy atom. The second-order valence-corrected chi connectivity index (χ2v) is 2.93. The monoisotopic (exact) mass is 221 g/mol. The van der Waals surface area contributed by atoms with E-state index < -0.39 is 13.0 Å². The lowest BCUT2D eigenvalue weighted by Gasteiger charge is -2.05. The van der Waals surface area contributed by atoms with Crippen LogP contribution in [0, 0.1) is 0 Å². The fourth-order valence-corrected chi connectivity index (χ4v) is 0.869. The molecular formula is C10H17F2NO2. The summed E-state index contributed by atoms with van der Waals surface area (Å²) in [6.07, 6.45) is -1.08. The first-order chi connectivity index (χ1) is 7.11. The normalized spacial score (nSPS) is 10.1. The van der Waals surface area contributed by atoms with E-state index in [1.165, 1.54) is 6.26 Å². The van der Waals surface area contributed by atoms with Gasteiger partial charge in [0.2, 0.25) is 0 Å².